The Bertz CT molecular complexity index is 1030. The Morgan fingerprint density at radius 1 is 1.10 bits per heavy atom. The molecule has 0 aliphatic heterocycles. The highest BCUT2D eigenvalue weighted by atomic mass is 16.6. The van der Waals surface area contributed by atoms with Gasteiger partial charge in [-0.2, -0.15) is 5.10 Å². The fraction of sp³-hybridized carbons (Fsp3) is 0.348. The minimum absolute atomic E-state index is 0.112. The number of amides is 1. The molecular weight excluding hydrogens is 366 g/mol. The number of benzene rings is 2. The Morgan fingerprint density at radius 3 is 2.38 bits per heavy atom. The Hall–Kier alpha value is -3.15. The SMILES string of the molecule is CC(=O)n1ncc2ccc(-c3ccc(C(C)CNC(=O)OC(C)(C)C)cc3)cc21. The van der Waals surface area contributed by atoms with Crippen molar-refractivity contribution in [3.8, 4) is 11.1 Å². The van der Waals surface area contributed by atoms with Gasteiger partial charge in [-0.05, 0) is 49.4 Å². The van der Waals surface area contributed by atoms with Crippen LogP contribution in [-0.2, 0) is 4.74 Å². The van der Waals surface area contributed by atoms with Gasteiger partial charge in [-0.1, -0.05) is 43.3 Å². The predicted octanol–water partition coefficient (Wildman–Crippen LogP) is 4.99. The van der Waals surface area contributed by atoms with Gasteiger partial charge in [-0.25, -0.2) is 9.48 Å². The number of nitrogens with one attached hydrogen (secondary N) is 1. The zero-order chi connectivity index (χ0) is 21.2. The maximum absolute atomic E-state index is 11.8. The highest BCUT2D eigenvalue weighted by Crippen LogP contribution is 2.26. The molecule has 0 fully saturated rings. The van der Waals surface area contributed by atoms with Gasteiger partial charge < -0.3 is 10.1 Å². The summed E-state index contributed by atoms with van der Waals surface area (Å²) in [6, 6.07) is 14.2. The van der Waals surface area contributed by atoms with Crippen LogP contribution in [0.2, 0.25) is 0 Å². The van der Waals surface area contributed by atoms with E-state index in [0.717, 1.165) is 27.6 Å². The van der Waals surface area contributed by atoms with Crippen LogP contribution in [0.15, 0.2) is 48.7 Å². The molecule has 0 saturated heterocycles. The fourth-order valence-corrected chi connectivity index (χ4v) is 3.12. The van der Waals surface area contributed by atoms with E-state index in [4.69, 9.17) is 4.74 Å². The van der Waals surface area contributed by atoms with Crippen molar-refractivity contribution in [3.63, 3.8) is 0 Å². The molecule has 6 heteroatoms. The topological polar surface area (TPSA) is 73.2 Å². The van der Waals surface area contributed by atoms with Crippen LogP contribution >= 0.6 is 0 Å². The van der Waals surface area contributed by atoms with Gasteiger partial charge in [0.25, 0.3) is 0 Å². The van der Waals surface area contributed by atoms with E-state index in [-0.39, 0.29) is 11.8 Å². The third kappa shape index (κ3) is 5.02. The van der Waals surface area contributed by atoms with Crippen LogP contribution in [0.5, 0.6) is 0 Å². The number of aromatic nitrogens is 2. The van der Waals surface area contributed by atoms with Gasteiger partial charge in [0.05, 0.1) is 11.7 Å². The molecule has 3 aromatic rings. The molecular formula is C23H27N3O3. The molecule has 1 unspecified atom stereocenters. The Labute approximate surface area is 170 Å². The minimum Gasteiger partial charge on any atom is -0.444 e. The van der Waals surface area contributed by atoms with Gasteiger partial charge in [0.1, 0.15) is 5.60 Å². The van der Waals surface area contributed by atoms with Gasteiger partial charge in [-0.3, -0.25) is 4.79 Å². The zero-order valence-electron chi connectivity index (χ0n) is 17.5. The summed E-state index contributed by atoms with van der Waals surface area (Å²) in [5.74, 6) is 0.0389. The predicted molar refractivity (Wildman–Crippen MR) is 114 cm³/mol. The van der Waals surface area contributed by atoms with Crippen LogP contribution in [0.3, 0.4) is 0 Å². The molecule has 1 N–H and O–H groups in total. The summed E-state index contributed by atoms with van der Waals surface area (Å²) in [7, 11) is 0. The van der Waals surface area contributed by atoms with E-state index in [1.807, 2.05) is 39.0 Å². The molecule has 0 saturated carbocycles. The number of hydrogen-bond donors (Lipinski definition) is 1. The van der Waals surface area contributed by atoms with Gasteiger partial charge in [0.15, 0.2) is 0 Å². The number of hydrogen-bond acceptors (Lipinski definition) is 4. The lowest BCUT2D eigenvalue weighted by molar-refractivity contribution is 0.0525. The summed E-state index contributed by atoms with van der Waals surface area (Å²) in [6.45, 7) is 9.59. The summed E-state index contributed by atoms with van der Waals surface area (Å²) in [6.07, 6.45) is 1.29. The second kappa shape index (κ2) is 8.07. The summed E-state index contributed by atoms with van der Waals surface area (Å²) in [5.41, 5.74) is 3.49. The molecule has 0 aliphatic rings. The van der Waals surface area contributed by atoms with Crippen molar-refractivity contribution in [2.24, 2.45) is 0 Å². The molecule has 0 bridgehead atoms. The zero-order valence-corrected chi connectivity index (χ0v) is 17.5. The van der Waals surface area contributed by atoms with Crippen LogP contribution in [0.1, 0.15) is 50.9 Å². The first-order valence-electron chi connectivity index (χ1n) is 9.70. The van der Waals surface area contributed by atoms with Gasteiger partial charge >= 0.3 is 6.09 Å². The van der Waals surface area contributed by atoms with E-state index in [2.05, 4.69) is 41.6 Å². The fourth-order valence-electron chi connectivity index (χ4n) is 3.12. The largest absolute Gasteiger partial charge is 0.444 e. The molecule has 6 nitrogen and oxygen atoms in total. The highest BCUT2D eigenvalue weighted by Gasteiger charge is 2.17. The van der Waals surface area contributed by atoms with Gasteiger partial charge in [0, 0.05) is 18.9 Å². The van der Waals surface area contributed by atoms with E-state index in [1.165, 1.54) is 11.6 Å². The smallest absolute Gasteiger partial charge is 0.407 e. The summed E-state index contributed by atoms with van der Waals surface area (Å²) in [4.78, 5) is 23.6. The van der Waals surface area contributed by atoms with Crippen molar-refractivity contribution < 1.29 is 14.3 Å². The van der Waals surface area contributed by atoms with Gasteiger partial charge in [-0.15, -0.1) is 0 Å². The van der Waals surface area contributed by atoms with E-state index in [0.29, 0.717) is 6.54 Å². The second-order valence-electron chi connectivity index (χ2n) is 8.25. The Balaban J connectivity index is 1.71. The van der Waals surface area contributed by atoms with E-state index in [9.17, 15) is 9.59 Å². The summed E-state index contributed by atoms with van der Waals surface area (Å²) in [5, 5.41) is 7.89. The molecule has 1 heterocycles. The van der Waals surface area contributed by atoms with Crippen LogP contribution in [0.25, 0.3) is 22.0 Å². The second-order valence-corrected chi connectivity index (χ2v) is 8.25. The summed E-state index contributed by atoms with van der Waals surface area (Å²) >= 11 is 0. The van der Waals surface area contributed by atoms with Crippen molar-refractivity contribution in [2.75, 3.05) is 6.54 Å². The van der Waals surface area contributed by atoms with E-state index in [1.54, 1.807) is 6.20 Å². The lowest BCUT2D eigenvalue weighted by atomic mass is 9.97. The number of nitrogens with zero attached hydrogens (tertiary/aromatic N) is 2. The minimum atomic E-state index is -0.506. The van der Waals surface area contributed by atoms with Crippen LogP contribution < -0.4 is 5.32 Å². The first kappa shape index (κ1) is 20.6. The van der Waals surface area contributed by atoms with Gasteiger partial charge in [0.2, 0.25) is 5.91 Å². The van der Waals surface area contributed by atoms with Crippen molar-refractivity contribution in [1.82, 2.24) is 15.1 Å². The van der Waals surface area contributed by atoms with Crippen LogP contribution in [0, 0.1) is 0 Å². The number of carbonyl (C=O) groups excluding carboxylic acids is 2. The molecule has 0 spiro atoms. The molecule has 152 valence electrons. The normalized spacial score (nSPS) is 12.6. The Morgan fingerprint density at radius 2 is 1.76 bits per heavy atom. The molecule has 1 atom stereocenters. The third-order valence-electron chi connectivity index (χ3n) is 4.63. The molecule has 0 aliphatic carbocycles. The molecule has 2 aromatic carbocycles. The number of rotatable bonds is 4. The Kier molecular flexibility index (Phi) is 5.73. The van der Waals surface area contributed by atoms with E-state index >= 15 is 0 Å². The van der Waals surface area contributed by atoms with Crippen molar-refractivity contribution >= 4 is 22.9 Å². The average Bonchev–Trinajstić information content (AvgIpc) is 3.08. The third-order valence-corrected chi connectivity index (χ3v) is 4.63. The maximum atomic E-state index is 11.8. The molecule has 1 aromatic heterocycles. The lowest BCUT2D eigenvalue weighted by Gasteiger charge is -2.21. The number of ether oxygens (including phenoxy) is 1. The van der Waals surface area contributed by atoms with Crippen molar-refractivity contribution in [1.29, 1.82) is 0 Å². The number of fused-ring (bicyclic) bond motifs is 1. The molecule has 1 amide bonds. The molecule has 0 radical (unpaired) electrons. The maximum Gasteiger partial charge on any atom is 0.407 e. The number of carbonyl (C=O) groups is 2. The number of alkyl carbamates (subject to hydrolysis) is 1. The lowest BCUT2D eigenvalue weighted by Crippen LogP contribution is -2.34. The van der Waals surface area contributed by atoms with Crippen molar-refractivity contribution in [2.45, 2.75) is 46.1 Å². The monoisotopic (exact) mass is 393 g/mol. The van der Waals surface area contributed by atoms with Crippen molar-refractivity contribution in [3.05, 3.63) is 54.2 Å². The quantitative estimate of drug-likeness (QED) is 0.678. The van der Waals surface area contributed by atoms with Crippen LogP contribution in [-0.4, -0.2) is 33.9 Å². The van der Waals surface area contributed by atoms with E-state index < -0.39 is 11.7 Å². The first-order chi connectivity index (χ1) is 13.6. The average molecular weight is 393 g/mol. The standard InChI is InChI=1S/C23H27N3O3/c1-15(13-24-22(28)29-23(3,4)5)17-6-8-18(9-7-17)19-10-11-20-14-25-26(16(2)27)21(20)12-19/h6-12,14-15H,13H2,1-5H3,(H,24,28). The molecule has 29 heavy (non-hydrogen) atoms. The summed E-state index contributed by atoms with van der Waals surface area (Å²) < 4.78 is 6.69. The molecule has 3 rings (SSSR count). The first-order valence-corrected chi connectivity index (χ1v) is 9.70. The van der Waals surface area contributed by atoms with Crippen LogP contribution in [0.4, 0.5) is 4.79 Å². The highest BCUT2D eigenvalue weighted by molar-refractivity contribution is 5.92.